The molecule has 134 valence electrons. The predicted molar refractivity (Wildman–Crippen MR) is 89.9 cm³/mol. The van der Waals surface area contributed by atoms with Crippen molar-refractivity contribution in [3.05, 3.63) is 65.3 Å². The van der Waals surface area contributed by atoms with Crippen molar-refractivity contribution in [3.63, 3.8) is 0 Å². The summed E-state index contributed by atoms with van der Waals surface area (Å²) in [4.78, 5) is 23.5. The van der Waals surface area contributed by atoms with E-state index < -0.39 is 23.7 Å². The number of aryl methyl sites for hydroxylation is 1. The summed E-state index contributed by atoms with van der Waals surface area (Å²) in [5.74, 6) is -0.826. The van der Waals surface area contributed by atoms with Crippen LogP contribution in [-0.4, -0.2) is 27.2 Å². The third-order valence-corrected chi connectivity index (χ3v) is 3.77. The first-order valence-electron chi connectivity index (χ1n) is 7.82. The minimum absolute atomic E-state index is 0.0894. The number of aromatic nitrogens is 2. The predicted octanol–water partition coefficient (Wildman–Crippen LogP) is 3.06. The van der Waals surface area contributed by atoms with Crippen molar-refractivity contribution >= 4 is 11.9 Å². The van der Waals surface area contributed by atoms with Gasteiger partial charge in [0.1, 0.15) is 17.3 Å². The second-order valence-electron chi connectivity index (χ2n) is 5.75. The second kappa shape index (κ2) is 7.22. The number of aromatic amines is 1. The van der Waals surface area contributed by atoms with Gasteiger partial charge in [-0.2, -0.15) is 5.10 Å². The van der Waals surface area contributed by atoms with Crippen LogP contribution in [0.1, 0.15) is 34.3 Å². The highest BCUT2D eigenvalue weighted by Gasteiger charge is 2.21. The number of hydrogen-bond acceptors (Lipinski definition) is 4. The van der Waals surface area contributed by atoms with Crippen molar-refractivity contribution in [1.82, 2.24) is 15.5 Å². The number of carbonyl (C=O) groups excluding carboxylic acids is 1. The Balaban J connectivity index is 1.78. The number of amides is 1. The number of aliphatic carboxylic acids is 1. The number of hydrogen-bond donors (Lipinski definition) is 3. The third-order valence-electron chi connectivity index (χ3n) is 3.77. The van der Waals surface area contributed by atoms with E-state index in [0.717, 1.165) is 5.76 Å². The number of halogens is 1. The zero-order valence-electron chi connectivity index (χ0n) is 13.8. The molecule has 1 atom stereocenters. The molecule has 0 radical (unpaired) electrons. The van der Waals surface area contributed by atoms with Crippen molar-refractivity contribution in [3.8, 4) is 11.5 Å². The lowest BCUT2D eigenvalue weighted by Crippen LogP contribution is -2.30. The van der Waals surface area contributed by atoms with Crippen molar-refractivity contribution in [2.45, 2.75) is 19.4 Å². The molecule has 8 heteroatoms. The number of H-pyrrole nitrogens is 1. The van der Waals surface area contributed by atoms with Gasteiger partial charge in [-0.15, -0.1) is 0 Å². The normalized spacial score (nSPS) is 11.9. The van der Waals surface area contributed by atoms with Gasteiger partial charge in [0.05, 0.1) is 12.5 Å². The Morgan fingerprint density at radius 2 is 2.00 bits per heavy atom. The summed E-state index contributed by atoms with van der Waals surface area (Å²) in [7, 11) is 0. The van der Waals surface area contributed by atoms with Crippen molar-refractivity contribution in [2.24, 2.45) is 0 Å². The van der Waals surface area contributed by atoms with Gasteiger partial charge in [0, 0.05) is 6.07 Å². The molecule has 26 heavy (non-hydrogen) atoms. The molecule has 0 aliphatic rings. The molecule has 1 aromatic carbocycles. The van der Waals surface area contributed by atoms with Crippen molar-refractivity contribution in [2.75, 3.05) is 0 Å². The highest BCUT2D eigenvalue weighted by atomic mass is 19.1. The number of carboxylic acids is 1. The van der Waals surface area contributed by atoms with E-state index in [0.29, 0.717) is 17.0 Å². The Labute approximate surface area is 147 Å². The molecule has 0 saturated heterocycles. The molecule has 2 heterocycles. The number of rotatable bonds is 6. The zero-order valence-corrected chi connectivity index (χ0v) is 13.8. The van der Waals surface area contributed by atoms with E-state index in [1.54, 1.807) is 19.1 Å². The van der Waals surface area contributed by atoms with E-state index >= 15 is 0 Å². The summed E-state index contributed by atoms with van der Waals surface area (Å²) in [5, 5.41) is 18.3. The quantitative estimate of drug-likeness (QED) is 0.628. The Morgan fingerprint density at radius 1 is 1.27 bits per heavy atom. The molecule has 0 unspecified atom stereocenters. The van der Waals surface area contributed by atoms with Crippen LogP contribution in [-0.2, 0) is 4.79 Å². The van der Waals surface area contributed by atoms with Gasteiger partial charge < -0.3 is 14.8 Å². The van der Waals surface area contributed by atoms with Gasteiger partial charge in [0.25, 0.3) is 5.91 Å². The molecule has 1 amide bonds. The lowest BCUT2D eigenvalue weighted by molar-refractivity contribution is -0.137. The summed E-state index contributed by atoms with van der Waals surface area (Å²) in [6.45, 7) is 1.80. The van der Waals surface area contributed by atoms with E-state index in [1.165, 1.54) is 30.3 Å². The maximum atomic E-state index is 13.1. The average molecular weight is 357 g/mol. The van der Waals surface area contributed by atoms with Crippen LogP contribution in [0.15, 0.2) is 46.9 Å². The molecule has 0 saturated carbocycles. The Bertz CT molecular complexity index is 930. The fourth-order valence-corrected chi connectivity index (χ4v) is 2.50. The Hall–Kier alpha value is -3.42. The van der Waals surface area contributed by atoms with Crippen LogP contribution in [0.3, 0.4) is 0 Å². The molecule has 0 bridgehead atoms. The number of benzene rings is 1. The number of furan rings is 1. The number of carboxylic acid groups (broad SMARTS) is 1. The first-order valence-corrected chi connectivity index (χ1v) is 7.82. The first-order chi connectivity index (χ1) is 12.4. The summed E-state index contributed by atoms with van der Waals surface area (Å²) in [5.41, 5.74) is 1.10. The number of nitrogens with zero attached hydrogens (tertiary/aromatic N) is 1. The lowest BCUT2D eigenvalue weighted by atomic mass is 10.0. The van der Waals surface area contributed by atoms with Gasteiger partial charge in [-0.05, 0) is 36.8 Å². The average Bonchev–Trinajstić information content (AvgIpc) is 3.23. The van der Waals surface area contributed by atoms with Gasteiger partial charge in [0.15, 0.2) is 11.5 Å². The standard InChI is InChI=1S/C18H16FN3O4/c1-10-2-7-16(26-10)14-8-15(22-21-14)18(25)20-13(9-17(23)24)11-3-5-12(19)6-4-11/h2-8,13H,9H2,1H3,(H,20,25)(H,21,22)(H,23,24)/t13-/m0/s1. The second-order valence-corrected chi connectivity index (χ2v) is 5.75. The molecule has 7 nitrogen and oxygen atoms in total. The Morgan fingerprint density at radius 3 is 2.62 bits per heavy atom. The minimum Gasteiger partial charge on any atom is -0.481 e. The topological polar surface area (TPSA) is 108 Å². The number of carbonyl (C=O) groups is 2. The fourth-order valence-electron chi connectivity index (χ4n) is 2.50. The minimum atomic E-state index is -1.09. The molecule has 3 N–H and O–H groups in total. The van der Waals surface area contributed by atoms with Crippen LogP contribution in [0, 0.1) is 12.7 Å². The lowest BCUT2D eigenvalue weighted by Gasteiger charge is -2.16. The largest absolute Gasteiger partial charge is 0.481 e. The van der Waals surface area contributed by atoms with E-state index in [4.69, 9.17) is 9.52 Å². The van der Waals surface area contributed by atoms with Crippen LogP contribution in [0.4, 0.5) is 4.39 Å². The summed E-state index contributed by atoms with van der Waals surface area (Å²) < 4.78 is 18.5. The van der Waals surface area contributed by atoms with Gasteiger partial charge in [-0.25, -0.2) is 4.39 Å². The van der Waals surface area contributed by atoms with E-state index in [2.05, 4.69) is 15.5 Å². The van der Waals surface area contributed by atoms with E-state index in [1.807, 2.05) is 0 Å². The maximum absolute atomic E-state index is 13.1. The maximum Gasteiger partial charge on any atom is 0.305 e. The zero-order chi connectivity index (χ0) is 18.7. The van der Waals surface area contributed by atoms with Crippen molar-refractivity contribution in [1.29, 1.82) is 0 Å². The van der Waals surface area contributed by atoms with Crippen LogP contribution >= 0.6 is 0 Å². The molecule has 3 rings (SSSR count). The van der Waals surface area contributed by atoms with E-state index in [-0.39, 0.29) is 12.1 Å². The summed E-state index contributed by atoms with van der Waals surface area (Å²) in [6, 6.07) is 9.52. The monoisotopic (exact) mass is 357 g/mol. The van der Waals surface area contributed by atoms with Gasteiger partial charge in [0.2, 0.25) is 0 Å². The van der Waals surface area contributed by atoms with Crippen LogP contribution in [0.5, 0.6) is 0 Å². The molecule has 0 spiro atoms. The van der Waals surface area contributed by atoms with Gasteiger partial charge >= 0.3 is 5.97 Å². The smallest absolute Gasteiger partial charge is 0.305 e. The van der Waals surface area contributed by atoms with E-state index in [9.17, 15) is 14.0 Å². The highest BCUT2D eigenvalue weighted by Crippen LogP contribution is 2.22. The molecule has 0 aliphatic heterocycles. The van der Waals surface area contributed by atoms with Crippen molar-refractivity contribution < 1.29 is 23.5 Å². The molecule has 0 fully saturated rings. The highest BCUT2D eigenvalue weighted by molar-refractivity contribution is 5.93. The molecule has 2 aromatic heterocycles. The third kappa shape index (κ3) is 3.97. The SMILES string of the molecule is Cc1ccc(-c2cc(C(=O)N[C@@H](CC(=O)O)c3ccc(F)cc3)n[nH]2)o1. The van der Waals surface area contributed by atoms with Gasteiger partial charge in [-0.1, -0.05) is 12.1 Å². The van der Waals surface area contributed by atoms with Gasteiger partial charge in [-0.3, -0.25) is 14.7 Å². The molecular formula is C18H16FN3O4. The Kier molecular flexibility index (Phi) is 4.83. The molecule has 3 aromatic rings. The van der Waals surface area contributed by atoms with Crippen LogP contribution in [0.2, 0.25) is 0 Å². The molecule has 0 aliphatic carbocycles. The summed E-state index contributed by atoms with van der Waals surface area (Å²) in [6.07, 6.45) is -0.341. The first kappa shape index (κ1) is 17.4. The van der Waals surface area contributed by atoms with Crippen LogP contribution < -0.4 is 5.32 Å². The summed E-state index contributed by atoms with van der Waals surface area (Å²) >= 11 is 0. The molecular weight excluding hydrogens is 341 g/mol. The number of nitrogens with one attached hydrogen (secondary N) is 2. The van der Waals surface area contributed by atoms with Crippen LogP contribution in [0.25, 0.3) is 11.5 Å². The fraction of sp³-hybridized carbons (Fsp3) is 0.167.